The number of nitrogens with zero attached hydrogens (tertiary/aromatic N) is 6. The van der Waals surface area contributed by atoms with Gasteiger partial charge in [-0.1, -0.05) is 66.7 Å². The number of rotatable bonds is 11. The fourth-order valence-electron chi connectivity index (χ4n) is 7.67. The molecule has 1 amide bonds. The van der Waals surface area contributed by atoms with Gasteiger partial charge in [0.25, 0.3) is 5.91 Å². The van der Waals surface area contributed by atoms with Gasteiger partial charge in [0.05, 0.1) is 17.0 Å². The number of nitrogens with one attached hydrogen (secondary N) is 3. The largest absolute Gasteiger partial charge is 1.00 e. The molecule has 2 fully saturated rings. The summed E-state index contributed by atoms with van der Waals surface area (Å²) in [5.74, 6) is 2.02. The molecule has 0 spiro atoms. The normalized spacial score (nSPS) is 13.9. The molecule has 2 aliphatic rings. The monoisotopic (exact) mass is 906 g/mol. The van der Waals surface area contributed by atoms with Crippen LogP contribution in [0.5, 0.6) is 11.5 Å². The summed E-state index contributed by atoms with van der Waals surface area (Å²) in [5.41, 5.74) is 11.9. The number of aromatic amines is 2. The molecule has 6 aromatic carbocycles. The average Bonchev–Trinajstić information content (AvgIpc) is 3.99. The van der Waals surface area contributed by atoms with E-state index < -0.39 is 5.97 Å². The number of carbonyl (C=O) groups excluding carboxylic acids is 2. The van der Waals surface area contributed by atoms with E-state index in [0.717, 1.165) is 120 Å². The van der Waals surface area contributed by atoms with Crippen molar-refractivity contribution in [2.24, 2.45) is 0 Å². The maximum atomic E-state index is 12.9. The van der Waals surface area contributed by atoms with Gasteiger partial charge >= 0.3 is 18.9 Å². The molecule has 2 saturated heterocycles. The van der Waals surface area contributed by atoms with E-state index in [0.29, 0.717) is 18.8 Å². The van der Waals surface area contributed by atoms with Gasteiger partial charge in [0.1, 0.15) is 24.7 Å². The molecular formula is C52H55LiN10O5. The number of aromatic carboxylic acids is 1. The summed E-state index contributed by atoms with van der Waals surface area (Å²) in [6.45, 7) is 8.69. The van der Waals surface area contributed by atoms with Crippen molar-refractivity contribution < 1.29 is 43.0 Å². The first-order valence-electron chi connectivity index (χ1n) is 22.3. The van der Waals surface area contributed by atoms with Crippen molar-refractivity contribution in [3.8, 4) is 11.5 Å². The third-order valence-electron chi connectivity index (χ3n) is 11.7. The molecule has 0 atom stereocenters. The molecule has 0 aliphatic carbocycles. The predicted molar refractivity (Wildman–Crippen MR) is 263 cm³/mol. The van der Waals surface area contributed by atoms with Crippen LogP contribution in [-0.4, -0.2) is 109 Å². The summed E-state index contributed by atoms with van der Waals surface area (Å²) < 4.78 is 11.4. The van der Waals surface area contributed by atoms with Crippen LogP contribution in [0.15, 0.2) is 146 Å². The third kappa shape index (κ3) is 13.0. The number of anilines is 4. The number of benzene rings is 6. The van der Waals surface area contributed by atoms with E-state index in [4.69, 9.17) is 15.2 Å². The number of nitrogens with two attached hydrogens (primary N) is 1. The Morgan fingerprint density at radius 2 is 1.01 bits per heavy atom. The first-order chi connectivity index (χ1) is 32.6. The van der Waals surface area contributed by atoms with Crippen LogP contribution in [0, 0.1) is 0 Å². The van der Waals surface area contributed by atoms with Crippen LogP contribution in [0.2, 0.25) is 0 Å². The molecule has 2 aromatic heterocycles. The van der Waals surface area contributed by atoms with E-state index in [1.165, 1.54) is 6.07 Å². The van der Waals surface area contributed by atoms with Gasteiger partial charge in [-0.05, 0) is 110 Å². The summed E-state index contributed by atoms with van der Waals surface area (Å²) in [5, 5.41) is 30.6. The van der Waals surface area contributed by atoms with Crippen LogP contribution in [0.4, 0.5) is 23.0 Å². The fourth-order valence-corrected chi connectivity index (χ4v) is 7.67. The number of ether oxygens (including phenoxy) is 2. The van der Waals surface area contributed by atoms with E-state index in [1.54, 1.807) is 12.1 Å². The van der Waals surface area contributed by atoms with Crippen LogP contribution in [-0.2, 0) is 13.2 Å². The second-order valence-corrected chi connectivity index (χ2v) is 16.6. The molecule has 15 nitrogen and oxygen atoms in total. The molecule has 10 rings (SSSR count). The number of likely N-dealkylation sites (N-methyl/N-ethyl adjacent to an activating group) is 2. The standard InChI is InChI=1S/C26H27N5O2.C13H16N4O2.C13H13NO.Li/c1-30-13-15-31(16-14-30)25-23-17-20(7-12-24(23)28-29-25)26(32)27-21-8-10-22(11-9-21)33-18-19-5-3-2-4-6-19;1-16-4-6-17(7-5-16)12-10-8-9(13(18)19)2-3-11(10)14-15-12;14-12-6-8-13(9-7-12)15-10-11-4-2-1-3-5-11;/h2-12,17H,13-16,18H2,1H3,(H,27,32)(H,28,29);2-3,8H,4-7H2,1H3,(H,14,15)(H,18,19);1-9H,10,14H2;/q;;;+1/p-1. The summed E-state index contributed by atoms with van der Waals surface area (Å²) in [6, 6.07) is 45.5. The molecule has 0 saturated carbocycles. The Balaban J connectivity index is 0.000000165. The Kier molecular flexibility index (Phi) is 16.8. The number of piperazine rings is 2. The molecule has 344 valence electrons. The number of fused-ring (bicyclic) bond motifs is 2. The molecule has 5 N–H and O–H groups in total. The van der Waals surface area contributed by atoms with Crippen LogP contribution >= 0.6 is 0 Å². The smallest absolute Gasteiger partial charge is 0.545 e. The quantitative estimate of drug-likeness (QED) is 0.109. The van der Waals surface area contributed by atoms with Crippen molar-refractivity contribution in [1.29, 1.82) is 0 Å². The summed E-state index contributed by atoms with van der Waals surface area (Å²) in [4.78, 5) is 32.9. The van der Waals surface area contributed by atoms with Crippen molar-refractivity contribution in [1.82, 2.24) is 30.2 Å². The number of carboxylic acids is 1. The number of hydrogen-bond donors (Lipinski definition) is 4. The molecule has 16 heteroatoms. The van der Waals surface area contributed by atoms with Gasteiger partial charge < -0.3 is 50.0 Å². The Hall–Kier alpha value is -7.28. The van der Waals surface area contributed by atoms with Crippen LogP contribution < -0.4 is 54.3 Å². The fraction of sp³-hybridized carbons (Fsp3) is 0.231. The first-order valence-corrected chi connectivity index (χ1v) is 22.3. The van der Waals surface area contributed by atoms with E-state index in [9.17, 15) is 14.7 Å². The third-order valence-corrected chi connectivity index (χ3v) is 11.7. The van der Waals surface area contributed by atoms with Crippen molar-refractivity contribution in [2.45, 2.75) is 13.2 Å². The second-order valence-electron chi connectivity index (χ2n) is 16.6. The van der Waals surface area contributed by atoms with Crippen molar-refractivity contribution in [2.75, 3.05) is 87.3 Å². The van der Waals surface area contributed by atoms with E-state index in [2.05, 4.69) is 59.4 Å². The topological polar surface area (TPSA) is 184 Å². The molecule has 2 aliphatic heterocycles. The Morgan fingerprint density at radius 3 is 1.47 bits per heavy atom. The molecule has 68 heavy (non-hydrogen) atoms. The van der Waals surface area contributed by atoms with Gasteiger partial charge in [-0.25, -0.2) is 0 Å². The van der Waals surface area contributed by atoms with Crippen molar-refractivity contribution in [3.63, 3.8) is 0 Å². The zero-order chi connectivity index (χ0) is 46.5. The van der Waals surface area contributed by atoms with Crippen LogP contribution in [0.3, 0.4) is 0 Å². The second kappa shape index (κ2) is 23.4. The van der Waals surface area contributed by atoms with Gasteiger partial charge in [0.15, 0.2) is 11.6 Å². The van der Waals surface area contributed by atoms with Crippen LogP contribution in [0.1, 0.15) is 31.8 Å². The molecular weight excluding hydrogens is 852 g/mol. The minimum absolute atomic E-state index is 0. The van der Waals surface area contributed by atoms with Gasteiger partial charge in [0, 0.05) is 80.1 Å². The van der Waals surface area contributed by atoms with Crippen molar-refractivity contribution >= 4 is 56.7 Å². The molecule has 8 aromatic rings. The number of nitrogen functional groups attached to an aromatic ring is 1. The zero-order valence-corrected chi connectivity index (χ0v) is 38.7. The van der Waals surface area contributed by atoms with Crippen LogP contribution in [0.25, 0.3) is 21.8 Å². The molecule has 0 radical (unpaired) electrons. The number of carboxylic acid groups (broad SMARTS) is 1. The zero-order valence-electron chi connectivity index (χ0n) is 38.7. The van der Waals surface area contributed by atoms with E-state index in [-0.39, 0.29) is 30.3 Å². The van der Waals surface area contributed by atoms with Gasteiger partial charge in [-0.3, -0.25) is 15.0 Å². The maximum Gasteiger partial charge on any atom is 1.00 e. The Labute approximate surface area is 408 Å². The van der Waals surface area contributed by atoms with E-state index in [1.807, 2.05) is 127 Å². The number of H-pyrrole nitrogens is 2. The SMILES string of the molecule is CN1CCN(c2n[nH]c3ccc(C(=O)Nc4ccc(OCc5ccccc5)cc4)cc23)CC1.CN1CCN(c2n[nH]c3ccc(C(=O)[O-])cc23)CC1.Nc1ccc(OCc2ccccc2)cc1.[Li+]. The van der Waals surface area contributed by atoms with E-state index >= 15 is 0 Å². The number of carbonyl (C=O) groups is 2. The Morgan fingerprint density at radius 1 is 0.588 bits per heavy atom. The minimum Gasteiger partial charge on any atom is -0.545 e. The number of hydrogen-bond acceptors (Lipinski definition) is 12. The number of amides is 1. The van der Waals surface area contributed by atoms with Gasteiger partial charge in [-0.2, -0.15) is 10.2 Å². The summed E-state index contributed by atoms with van der Waals surface area (Å²) in [7, 11) is 4.22. The van der Waals surface area contributed by atoms with Crippen molar-refractivity contribution in [3.05, 3.63) is 168 Å². The summed E-state index contributed by atoms with van der Waals surface area (Å²) in [6.07, 6.45) is 0. The predicted octanol–water partition coefficient (Wildman–Crippen LogP) is 3.68. The Bertz CT molecular complexity index is 2840. The number of aromatic nitrogens is 4. The maximum absolute atomic E-state index is 12.9. The molecule has 0 bridgehead atoms. The van der Waals surface area contributed by atoms with Gasteiger partial charge in [-0.15, -0.1) is 0 Å². The average molecular weight is 907 g/mol. The molecule has 0 unspecified atom stereocenters. The molecule has 4 heterocycles. The summed E-state index contributed by atoms with van der Waals surface area (Å²) >= 11 is 0. The van der Waals surface area contributed by atoms with Gasteiger partial charge in [0.2, 0.25) is 0 Å². The first kappa shape index (κ1) is 48.6. The minimum atomic E-state index is -1.16.